The average molecular weight is 226 g/mol. The number of nitrogens with zero attached hydrogens (tertiary/aromatic N) is 2. The van der Waals surface area contributed by atoms with Gasteiger partial charge in [0.05, 0.1) is 0 Å². The lowest BCUT2D eigenvalue weighted by atomic mass is 9.92. The molecule has 2 aliphatic rings. The van der Waals surface area contributed by atoms with Crippen LogP contribution in [0.2, 0.25) is 0 Å². The maximum atomic E-state index is 11.9. The number of carbonyl (C=O) groups is 2. The lowest BCUT2D eigenvalue weighted by Crippen LogP contribution is -2.39. The summed E-state index contributed by atoms with van der Waals surface area (Å²) in [6.45, 7) is 5.13. The Labute approximate surface area is 95.0 Å². The standard InChI is InChI=1S/C11H18N2O3/c1-11(2)6-12(10(15)16)5-9(14)13(7-11)8-3-4-8/h8H,3-7H2,1-2H3,(H,15,16). The minimum absolute atomic E-state index is 0.00919. The molecule has 0 radical (unpaired) electrons. The van der Waals surface area contributed by atoms with Crippen molar-refractivity contribution < 1.29 is 14.7 Å². The fraction of sp³-hybridized carbons (Fsp3) is 0.818. The number of hydrogen-bond donors (Lipinski definition) is 1. The van der Waals surface area contributed by atoms with Crippen molar-refractivity contribution in [2.24, 2.45) is 5.41 Å². The maximum absolute atomic E-state index is 11.9. The highest BCUT2D eigenvalue weighted by Gasteiger charge is 2.40. The molecule has 0 aromatic carbocycles. The molecule has 90 valence electrons. The van der Waals surface area contributed by atoms with E-state index in [1.165, 1.54) is 4.90 Å². The number of hydrogen-bond acceptors (Lipinski definition) is 2. The highest BCUT2D eigenvalue weighted by molar-refractivity contribution is 5.83. The van der Waals surface area contributed by atoms with Crippen LogP contribution in [0, 0.1) is 5.41 Å². The maximum Gasteiger partial charge on any atom is 0.407 e. The summed E-state index contributed by atoms with van der Waals surface area (Å²) in [5.74, 6) is -0.0459. The Kier molecular flexibility index (Phi) is 2.56. The summed E-state index contributed by atoms with van der Waals surface area (Å²) in [5, 5.41) is 9.01. The SMILES string of the molecule is CC1(C)CN(C(=O)O)CC(=O)N(C2CC2)C1. The number of carbonyl (C=O) groups excluding carboxylic acids is 1. The van der Waals surface area contributed by atoms with Crippen LogP contribution in [0.15, 0.2) is 0 Å². The Balaban J connectivity index is 2.16. The lowest BCUT2D eigenvalue weighted by Gasteiger charge is -2.29. The quantitative estimate of drug-likeness (QED) is 0.725. The Hall–Kier alpha value is -1.26. The van der Waals surface area contributed by atoms with Gasteiger partial charge in [0.2, 0.25) is 5.91 Å². The van der Waals surface area contributed by atoms with E-state index in [2.05, 4.69) is 0 Å². The number of rotatable bonds is 1. The first-order valence-corrected chi connectivity index (χ1v) is 5.66. The molecule has 0 atom stereocenters. The molecule has 1 N–H and O–H groups in total. The van der Waals surface area contributed by atoms with Gasteiger partial charge in [0.25, 0.3) is 0 Å². The minimum atomic E-state index is -1.00. The summed E-state index contributed by atoms with van der Waals surface area (Å²) in [5.41, 5.74) is -0.160. The van der Waals surface area contributed by atoms with Crippen LogP contribution in [-0.4, -0.2) is 52.6 Å². The second-order valence-corrected chi connectivity index (χ2v) is 5.56. The summed E-state index contributed by atoms with van der Waals surface area (Å²) in [7, 11) is 0. The average Bonchev–Trinajstić information content (AvgIpc) is 2.94. The molecule has 0 bridgehead atoms. The molecule has 2 amide bonds. The van der Waals surface area contributed by atoms with E-state index in [9.17, 15) is 9.59 Å². The Morgan fingerprint density at radius 2 is 2.00 bits per heavy atom. The van der Waals surface area contributed by atoms with E-state index in [0.717, 1.165) is 12.8 Å². The van der Waals surface area contributed by atoms with Gasteiger partial charge in [0, 0.05) is 24.5 Å². The first kappa shape index (κ1) is 11.2. The van der Waals surface area contributed by atoms with Crippen molar-refractivity contribution in [2.45, 2.75) is 32.7 Å². The topological polar surface area (TPSA) is 60.9 Å². The molecular formula is C11H18N2O3. The van der Waals surface area contributed by atoms with Gasteiger partial charge in [-0.2, -0.15) is 0 Å². The van der Waals surface area contributed by atoms with Crippen LogP contribution in [0.3, 0.4) is 0 Å². The molecule has 0 aromatic heterocycles. The molecular weight excluding hydrogens is 208 g/mol. The van der Waals surface area contributed by atoms with E-state index >= 15 is 0 Å². The summed E-state index contributed by atoms with van der Waals surface area (Å²) >= 11 is 0. The Morgan fingerprint density at radius 1 is 1.38 bits per heavy atom. The predicted octanol–water partition coefficient (Wildman–Crippen LogP) is 0.997. The second-order valence-electron chi connectivity index (χ2n) is 5.56. The predicted molar refractivity (Wildman–Crippen MR) is 58.1 cm³/mol. The molecule has 5 heteroatoms. The van der Waals surface area contributed by atoms with Crippen molar-refractivity contribution in [3.63, 3.8) is 0 Å². The van der Waals surface area contributed by atoms with E-state index in [1.54, 1.807) is 0 Å². The van der Waals surface area contributed by atoms with Crippen molar-refractivity contribution in [3.8, 4) is 0 Å². The molecule has 1 aliphatic heterocycles. The molecule has 16 heavy (non-hydrogen) atoms. The van der Waals surface area contributed by atoms with Gasteiger partial charge >= 0.3 is 6.09 Å². The van der Waals surface area contributed by atoms with Gasteiger partial charge in [-0.15, -0.1) is 0 Å². The lowest BCUT2D eigenvalue weighted by molar-refractivity contribution is -0.131. The third-order valence-corrected chi connectivity index (χ3v) is 3.12. The third kappa shape index (κ3) is 2.28. The zero-order valence-electron chi connectivity index (χ0n) is 9.77. The van der Waals surface area contributed by atoms with Gasteiger partial charge in [-0.1, -0.05) is 13.8 Å². The number of amides is 2. The molecule has 0 aromatic rings. The van der Waals surface area contributed by atoms with Crippen LogP contribution in [0.5, 0.6) is 0 Å². The molecule has 5 nitrogen and oxygen atoms in total. The molecule has 1 saturated heterocycles. The normalized spacial score (nSPS) is 25.5. The fourth-order valence-corrected chi connectivity index (χ4v) is 2.28. The van der Waals surface area contributed by atoms with Gasteiger partial charge in [0.15, 0.2) is 0 Å². The van der Waals surface area contributed by atoms with Crippen molar-refractivity contribution in [1.82, 2.24) is 9.80 Å². The Bertz CT molecular complexity index is 323. The summed E-state index contributed by atoms with van der Waals surface area (Å²) in [6, 6.07) is 0.362. The summed E-state index contributed by atoms with van der Waals surface area (Å²) < 4.78 is 0. The molecule has 1 aliphatic carbocycles. The van der Waals surface area contributed by atoms with Gasteiger partial charge in [-0.25, -0.2) is 4.79 Å². The largest absolute Gasteiger partial charge is 0.465 e. The molecule has 1 heterocycles. The van der Waals surface area contributed by atoms with Crippen molar-refractivity contribution in [3.05, 3.63) is 0 Å². The van der Waals surface area contributed by atoms with Crippen LogP contribution in [0.4, 0.5) is 4.79 Å². The van der Waals surface area contributed by atoms with Crippen LogP contribution in [-0.2, 0) is 4.79 Å². The zero-order valence-corrected chi connectivity index (χ0v) is 9.77. The monoisotopic (exact) mass is 226 g/mol. The molecule has 2 rings (SSSR count). The van der Waals surface area contributed by atoms with Crippen LogP contribution in [0.25, 0.3) is 0 Å². The van der Waals surface area contributed by atoms with Gasteiger partial charge in [-0.05, 0) is 12.8 Å². The first-order valence-electron chi connectivity index (χ1n) is 5.66. The third-order valence-electron chi connectivity index (χ3n) is 3.12. The van der Waals surface area contributed by atoms with E-state index in [-0.39, 0.29) is 17.9 Å². The van der Waals surface area contributed by atoms with Crippen LogP contribution < -0.4 is 0 Å². The van der Waals surface area contributed by atoms with E-state index in [0.29, 0.717) is 19.1 Å². The van der Waals surface area contributed by atoms with Crippen LogP contribution >= 0.6 is 0 Å². The first-order chi connectivity index (χ1) is 7.39. The highest BCUT2D eigenvalue weighted by atomic mass is 16.4. The zero-order chi connectivity index (χ0) is 11.9. The van der Waals surface area contributed by atoms with Crippen molar-refractivity contribution in [1.29, 1.82) is 0 Å². The van der Waals surface area contributed by atoms with E-state index < -0.39 is 6.09 Å². The van der Waals surface area contributed by atoms with Crippen molar-refractivity contribution >= 4 is 12.0 Å². The Morgan fingerprint density at radius 3 is 2.50 bits per heavy atom. The van der Waals surface area contributed by atoms with E-state index in [1.807, 2.05) is 18.7 Å². The second kappa shape index (κ2) is 3.64. The fourth-order valence-electron chi connectivity index (χ4n) is 2.28. The molecule has 0 spiro atoms. The number of carboxylic acid groups (broad SMARTS) is 1. The van der Waals surface area contributed by atoms with Gasteiger partial charge in [-0.3, -0.25) is 9.69 Å². The van der Waals surface area contributed by atoms with Gasteiger partial charge < -0.3 is 10.0 Å². The molecule has 0 unspecified atom stereocenters. The summed E-state index contributed by atoms with van der Waals surface area (Å²) in [6.07, 6.45) is 1.13. The van der Waals surface area contributed by atoms with Crippen molar-refractivity contribution in [2.75, 3.05) is 19.6 Å². The molecule has 2 fully saturated rings. The van der Waals surface area contributed by atoms with E-state index in [4.69, 9.17) is 5.11 Å². The summed E-state index contributed by atoms with van der Waals surface area (Å²) in [4.78, 5) is 26.0. The van der Waals surface area contributed by atoms with Gasteiger partial charge in [0.1, 0.15) is 6.54 Å². The highest BCUT2D eigenvalue weighted by Crippen LogP contribution is 2.32. The van der Waals surface area contributed by atoms with Crippen LogP contribution in [0.1, 0.15) is 26.7 Å². The smallest absolute Gasteiger partial charge is 0.407 e. The minimum Gasteiger partial charge on any atom is -0.465 e. The molecule has 1 saturated carbocycles.